The van der Waals surface area contributed by atoms with E-state index >= 15 is 0 Å². The molecule has 1 saturated heterocycles. The van der Waals surface area contributed by atoms with Gasteiger partial charge in [-0.3, -0.25) is 5.26 Å². The maximum Gasteiger partial charge on any atom is 0.129 e. The molecule has 4 nitrogen and oxygen atoms in total. The summed E-state index contributed by atoms with van der Waals surface area (Å²) in [5.74, 6) is 1.32. The molecule has 0 aromatic heterocycles. The lowest BCUT2D eigenvalue weighted by molar-refractivity contribution is -0.348. The molecule has 2 aliphatic carbocycles. The second-order valence-electron chi connectivity index (χ2n) is 8.39. The number of piperidine rings is 1. The summed E-state index contributed by atoms with van der Waals surface area (Å²) >= 11 is 0. The number of nitrogens with one attached hydrogen (secondary N) is 1. The van der Waals surface area contributed by atoms with Gasteiger partial charge in [0.1, 0.15) is 11.7 Å². The van der Waals surface area contributed by atoms with E-state index < -0.39 is 11.7 Å². The summed E-state index contributed by atoms with van der Waals surface area (Å²) in [5, 5.41) is 25.6. The maximum absolute atomic E-state index is 12.0. The van der Waals surface area contributed by atoms with E-state index in [0.29, 0.717) is 11.8 Å². The summed E-state index contributed by atoms with van der Waals surface area (Å²) in [6.45, 7) is 1.94. The van der Waals surface area contributed by atoms with Gasteiger partial charge in [0.25, 0.3) is 0 Å². The van der Waals surface area contributed by atoms with Crippen molar-refractivity contribution in [2.75, 3.05) is 13.1 Å². The molecule has 1 heterocycles. The van der Waals surface area contributed by atoms with Crippen LogP contribution >= 0.6 is 0 Å². The van der Waals surface area contributed by atoms with Crippen LogP contribution in [-0.4, -0.2) is 29.6 Å². The molecule has 3 aliphatic rings. The van der Waals surface area contributed by atoms with Gasteiger partial charge in [-0.25, -0.2) is 4.89 Å². The van der Waals surface area contributed by atoms with Gasteiger partial charge < -0.3 is 10.4 Å². The molecule has 4 atom stereocenters. The van der Waals surface area contributed by atoms with Crippen molar-refractivity contribution in [3.8, 4) is 0 Å². The topological polar surface area (TPSA) is 61.7 Å². The van der Waals surface area contributed by atoms with Crippen molar-refractivity contribution >= 4 is 0 Å². The van der Waals surface area contributed by atoms with Crippen LogP contribution in [0.25, 0.3) is 0 Å². The molecule has 1 aromatic rings. The second kappa shape index (κ2) is 7.36. The summed E-state index contributed by atoms with van der Waals surface area (Å²) < 4.78 is 0. The van der Waals surface area contributed by atoms with Crippen LogP contribution in [0.4, 0.5) is 0 Å². The largest absolute Gasteiger partial charge is 0.382 e. The minimum absolute atomic E-state index is 0.155. The quantitative estimate of drug-likeness (QED) is 0.564. The van der Waals surface area contributed by atoms with Gasteiger partial charge in [0.05, 0.1) is 0 Å². The first-order chi connectivity index (χ1) is 12.2. The molecule has 4 heteroatoms. The fraction of sp³-hybridized carbons (Fsp3) is 0.714. The third kappa shape index (κ3) is 3.03. The summed E-state index contributed by atoms with van der Waals surface area (Å²) in [6.07, 6.45) is 7.33. The first-order valence-corrected chi connectivity index (χ1v) is 10.0. The predicted molar refractivity (Wildman–Crippen MR) is 97.0 cm³/mol. The highest BCUT2D eigenvalue weighted by Gasteiger charge is 2.54. The third-order valence-corrected chi connectivity index (χ3v) is 7.16. The Morgan fingerprint density at radius 2 is 1.60 bits per heavy atom. The van der Waals surface area contributed by atoms with Crippen molar-refractivity contribution < 1.29 is 15.3 Å². The van der Waals surface area contributed by atoms with E-state index in [1.165, 1.54) is 6.42 Å². The number of rotatable bonds is 5. The molecule has 138 valence electrons. The van der Waals surface area contributed by atoms with Gasteiger partial charge in [0, 0.05) is 0 Å². The first kappa shape index (κ1) is 17.5. The molecule has 0 spiro atoms. The van der Waals surface area contributed by atoms with Gasteiger partial charge in [-0.2, -0.15) is 0 Å². The highest BCUT2D eigenvalue weighted by atomic mass is 17.1. The smallest absolute Gasteiger partial charge is 0.129 e. The van der Waals surface area contributed by atoms with Crippen LogP contribution in [0, 0.1) is 23.7 Å². The molecule has 1 aliphatic heterocycles. The first-order valence-electron chi connectivity index (χ1n) is 10.0. The van der Waals surface area contributed by atoms with Crippen LogP contribution in [0.2, 0.25) is 0 Å². The molecule has 2 saturated carbocycles. The molecule has 1 aromatic carbocycles. The van der Waals surface area contributed by atoms with Gasteiger partial charge in [-0.05, 0) is 68.0 Å². The Morgan fingerprint density at radius 3 is 2.20 bits per heavy atom. The Hall–Kier alpha value is -0.940. The zero-order valence-corrected chi connectivity index (χ0v) is 14.9. The molecule has 2 bridgehead atoms. The van der Waals surface area contributed by atoms with Crippen molar-refractivity contribution in [2.24, 2.45) is 23.7 Å². The van der Waals surface area contributed by atoms with Crippen molar-refractivity contribution in [1.82, 2.24) is 5.32 Å². The van der Waals surface area contributed by atoms with Crippen LogP contribution in [0.5, 0.6) is 0 Å². The van der Waals surface area contributed by atoms with Crippen molar-refractivity contribution in [3.63, 3.8) is 0 Å². The van der Waals surface area contributed by atoms with Crippen LogP contribution in [0.15, 0.2) is 30.3 Å². The van der Waals surface area contributed by atoms with Gasteiger partial charge in [0.2, 0.25) is 0 Å². The number of fused-ring (bicyclic) bond motifs is 2. The normalized spacial score (nSPS) is 33.8. The lowest BCUT2D eigenvalue weighted by Crippen LogP contribution is -2.58. The van der Waals surface area contributed by atoms with E-state index in [1.807, 2.05) is 30.3 Å². The Balaban J connectivity index is 1.74. The Labute approximate surface area is 150 Å². The Morgan fingerprint density at radius 1 is 0.960 bits per heavy atom. The van der Waals surface area contributed by atoms with E-state index in [4.69, 9.17) is 4.89 Å². The third-order valence-electron chi connectivity index (χ3n) is 7.16. The van der Waals surface area contributed by atoms with E-state index in [1.54, 1.807) is 0 Å². The minimum Gasteiger partial charge on any atom is -0.382 e. The lowest BCUT2D eigenvalue weighted by atomic mass is 9.61. The summed E-state index contributed by atoms with van der Waals surface area (Å²) in [5.41, 5.74) is -0.208. The molecular weight excluding hydrogens is 314 g/mol. The predicted octanol–water partition coefficient (Wildman–Crippen LogP) is 3.56. The SMILES string of the molecule is OOC(C1C2CCCC1CNC2)[C@@](O)(c1ccccc1)C1CCCC1. The van der Waals surface area contributed by atoms with E-state index in [9.17, 15) is 10.4 Å². The minimum atomic E-state index is -1.11. The van der Waals surface area contributed by atoms with Gasteiger partial charge >= 0.3 is 0 Å². The molecule has 3 N–H and O–H groups in total. The lowest BCUT2D eigenvalue weighted by Gasteiger charge is -2.51. The average Bonchev–Trinajstić information content (AvgIpc) is 3.18. The van der Waals surface area contributed by atoms with Crippen molar-refractivity contribution in [2.45, 2.75) is 56.7 Å². The fourth-order valence-corrected chi connectivity index (χ4v) is 5.98. The van der Waals surface area contributed by atoms with Crippen LogP contribution in [-0.2, 0) is 10.5 Å². The van der Waals surface area contributed by atoms with E-state index in [0.717, 1.165) is 57.2 Å². The Bertz CT molecular complexity index is 538. The summed E-state index contributed by atoms with van der Waals surface area (Å²) in [6, 6.07) is 9.94. The number of aliphatic hydroxyl groups is 1. The van der Waals surface area contributed by atoms with Gasteiger partial charge in [-0.15, -0.1) is 0 Å². The van der Waals surface area contributed by atoms with Crippen LogP contribution in [0.1, 0.15) is 50.5 Å². The highest BCUT2D eigenvalue weighted by molar-refractivity contribution is 5.26. The van der Waals surface area contributed by atoms with E-state index in [2.05, 4.69) is 5.32 Å². The zero-order chi connectivity index (χ0) is 17.3. The molecule has 4 rings (SSSR count). The highest BCUT2D eigenvalue weighted by Crippen LogP contribution is 2.50. The van der Waals surface area contributed by atoms with Crippen molar-refractivity contribution in [3.05, 3.63) is 35.9 Å². The molecule has 3 unspecified atom stereocenters. The standard InChI is InChI=1S/C21H31NO3/c23-21(18-11-4-5-12-18,17-9-2-1-3-10-17)20(25-24)19-15-7-6-8-16(19)14-22-13-15/h1-3,9-10,15-16,18-20,22-24H,4-8,11-14H2/t15?,16?,19?,20?,21-/m1/s1. The van der Waals surface area contributed by atoms with Crippen molar-refractivity contribution in [1.29, 1.82) is 0 Å². The molecular formula is C21H31NO3. The number of hydrogen-bond acceptors (Lipinski definition) is 4. The van der Waals surface area contributed by atoms with Crippen LogP contribution in [0.3, 0.4) is 0 Å². The molecule has 3 fully saturated rings. The Kier molecular flexibility index (Phi) is 5.14. The number of hydrogen-bond donors (Lipinski definition) is 3. The number of benzene rings is 1. The van der Waals surface area contributed by atoms with Gasteiger partial charge in [-0.1, -0.05) is 49.6 Å². The zero-order valence-electron chi connectivity index (χ0n) is 14.9. The molecule has 0 radical (unpaired) electrons. The van der Waals surface area contributed by atoms with Gasteiger partial charge in [0.15, 0.2) is 0 Å². The molecule has 0 amide bonds. The average molecular weight is 345 g/mol. The summed E-state index contributed by atoms with van der Waals surface area (Å²) in [7, 11) is 0. The van der Waals surface area contributed by atoms with Crippen LogP contribution < -0.4 is 5.32 Å². The fourth-order valence-electron chi connectivity index (χ4n) is 5.98. The van der Waals surface area contributed by atoms with E-state index in [-0.39, 0.29) is 11.8 Å². The maximum atomic E-state index is 12.0. The molecule has 25 heavy (non-hydrogen) atoms. The monoisotopic (exact) mass is 345 g/mol. The second-order valence-corrected chi connectivity index (χ2v) is 8.39. The summed E-state index contributed by atoms with van der Waals surface area (Å²) in [4.78, 5) is 5.18.